The maximum absolute atomic E-state index is 10.0. The fourth-order valence-corrected chi connectivity index (χ4v) is 1.64. The maximum Gasteiger partial charge on any atom is 0.491 e. The van der Waals surface area contributed by atoms with Crippen molar-refractivity contribution in [1.82, 2.24) is 0 Å². The molecule has 0 saturated heterocycles. The van der Waals surface area contributed by atoms with Gasteiger partial charge in [-0.2, -0.15) is 0 Å². The molecule has 0 spiro atoms. The average Bonchev–Trinajstić information content (AvgIpc) is 2.27. The second-order valence-corrected chi connectivity index (χ2v) is 5.98. The van der Waals surface area contributed by atoms with E-state index in [-0.39, 0.29) is 0 Å². The number of aliphatic hydroxyl groups is 1. The Hall–Kier alpha value is -0.355. The van der Waals surface area contributed by atoms with E-state index < -0.39 is 18.3 Å². The predicted octanol–water partition coefficient (Wildman–Crippen LogP) is 1.84. The topological polar surface area (TPSA) is 49.7 Å². The van der Waals surface area contributed by atoms with Crippen LogP contribution >= 0.6 is 15.9 Å². The highest BCUT2D eigenvalue weighted by atomic mass is 79.9. The van der Waals surface area contributed by atoms with Gasteiger partial charge in [-0.25, -0.2) is 0 Å². The van der Waals surface area contributed by atoms with Gasteiger partial charge in [-0.1, -0.05) is 40.2 Å². The fourth-order valence-electron chi connectivity index (χ4n) is 1.26. The van der Waals surface area contributed by atoms with Crippen LogP contribution in [0.2, 0.25) is 0 Å². The van der Waals surface area contributed by atoms with Crippen LogP contribution in [0.15, 0.2) is 24.3 Å². The molecule has 0 amide bonds. The molecule has 0 aliphatic heterocycles. The van der Waals surface area contributed by atoms with E-state index in [9.17, 15) is 10.1 Å². The van der Waals surface area contributed by atoms with Gasteiger partial charge in [0.2, 0.25) is 0 Å². The first-order chi connectivity index (χ1) is 8.17. The summed E-state index contributed by atoms with van der Waals surface area (Å²) in [5.41, 5.74) is -0.0747. The standard InChI is InChI=1S/C13H20BBrO3/c1-12(2,16)13(3,4)18-14(17)11-7-5-10(9-15)6-8-11/h5-8,16-17H,9H2,1-4H3. The molecule has 100 valence electrons. The number of alkyl halides is 1. The molecule has 0 bridgehead atoms. The molecular weight excluding hydrogens is 295 g/mol. The van der Waals surface area contributed by atoms with E-state index in [0.717, 1.165) is 10.9 Å². The number of hydrogen-bond acceptors (Lipinski definition) is 3. The summed E-state index contributed by atoms with van der Waals surface area (Å²) >= 11 is 3.37. The lowest BCUT2D eigenvalue weighted by Gasteiger charge is -2.38. The highest BCUT2D eigenvalue weighted by molar-refractivity contribution is 9.08. The van der Waals surface area contributed by atoms with Crippen molar-refractivity contribution in [1.29, 1.82) is 0 Å². The zero-order valence-corrected chi connectivity index (χ0v) is 12.9. The van der Waals surface area contributed by atoms with E-state index in [1.165, 1.54) is 0 Å². The Kier molecular flexibility index (Phi) is 5.01. The highest BCUT2D eigenvalue weighted by Gasteiger charge is 2.39. The zero-order chi connectivity index (χ0) is 14.0. The van der Waals surface area contributed by atoms with Crippen LogP contribution in [0.3, 0.4) is 0 Å². The van der Waals surface area contributed by atoms with Crippen LogP contribution in [0.1, 0.15) is 33.3 Å². The molecule has 1 aromatic carbocycles. The van der Waals surface area contributed by atoms with Gasteiger partial charge in [-0.05, 0) is 38.7 Å². The van der Waals surface area contributed by atoms with Crippen molar-refractivity contribution in [3.63, 3.8) is 0 Å². The molecule has 0 radical (unpaired) electrons. The van der Waals surface area contributed by atoms with Gasteiger partial charge in [0, 0.05) is 5.33 Å². The number of benzene rings is 1. The van der Waals surface area contributed by atoms with Gasteiger partial charge < -0.3 is 14.8 Å². The molecule has 0 unspecified atom stereocenters. The predicted molar refractivity (Wildman–Crippen MR) is 78.1 cm³/mol. The molecule has 0 fully saturated rings. The van der Waals surface area contributed by atoms with Crippen molar-refractivity contribution in [2.24, 2.45) is 0 Å². The minimum absolute atomic E-state index is 0.678. The Morgan fingerprint density at radius 1 is 1.17 bits per heavy atom. The summed E-state index contributed by atoms with van der Waals surface area (Å²) in [6.07, 6.45) is 0. The molecule has 18 heavy (non-hydrogen) atoms. The zero-order valence-electron chi connectivity index (χ0n) is 11.3. The molecule has 1 aromatic rings. The summed E-state index contributed by atoms with van der Waals surface area (Å²) in [7, 11) is -1.05. The van der Waals surface area contributed by atoms with E-state index in [0.29, 0.717) is 5.46 Å². The number of hydrogen-bond donors (Lipinski definition) is 2. The molecule has 1 rings (SSSR count). The molecule has 0 aliphatic carbocycles. The highest BCUT2D eigenvalue weighted by Crippen LogP contribution is 2.25. The van der Waals surface area contributed by atoms with Crippen LogP contribution in [0.5, 0.6) is 0 Å². The third kappa shape index (κ3) is 3.82. The Morgan fingerprint density at radius 2 is 1.67 bits per heavy atom. The molecule has 0 saturated carbocycles. The van der Waals surface area contributed by atoms with Gasteiger partial charge in [0.1, 0.15) is 0 Å². The first-order valence-electron chi connectivity index (χ1n) is 5.90. The third-order valence-electron chi connectivity index (χ3n) is 3.30. The first-order valence-corrected chi connectivity index (χ1v) is 7.02. The van der Waals surface area contributed by atoms with Gasteiger partial charge in [-0.3, -0.25) is 0 Å². The average molecular weight is 315 g/mol. The summed E-state index contributed by atoms with van der Waals surface area (Å²) in [6, 6.07) is 7.49. The van der Waals surface area contributed by atoms with Crippen LogP contribution in [0.25, 0.3) is 0 Å². The van der Waals surface area contributed by atoms with Gasteiger partial charge in [0.05, 0.1) is 11.2 Å². The first kappa shape index (κ1) is 15.7. The summed E-state index contributed by atoms with van der Waals surface area (Å²) < 4.78 is 5.56. The van der Waals surface area contributed by atoms with Crippen molar-refractivity contribution in [3.8, 4) is 0 Å². The van der Waals surface area contributed by atoms with E-state index in [1.54, 1.807) is 27.7 Å². The van der Waals surface area contributed by atoms with E-state index >= 15 is 0 Å². The number of halogens is 1. The second kappa shape index (κ2) is 5.74. The number of rotatable bonds is 5. The van der Waals surface area contributed by atoms with Gasteiger partial charge in [-0.15, -0.1) is 0 Å². The van der Waals surface area contributed by atoms with Crippen LogP contribution < -0.4 is 5.46 Å². The Bertz CT molecular complexity index is 384. The molecule has 0 aliphatic rings. The van der Waals surface area contributed by atoms with Crippen LogP contribution in [0, 0.1) is 0 Å². The molecule has 3 nitrogen and oxygen atoms in total. The molecule has 0 heterocycles. The minimum atomic E-state index is -1.05. The van der Waals surface area contributed by atoms with Gasteiger partial charge >= 0.3 is 7.12 Å². The molecule has 0 aromatic heterocycles. The fraction of sp³-hybridized carbons (Fsp3) is 0.538. The van der Waals surface area contributed by atoms with Crippen LogP contribution in [-0.4, -0.2) is 28.5 Å². The van der Waals surface area contributed by atoms with Crippen LogP contribution in [-0.2, 0) is 9.98 Å². The summed E-state index contributed by atoms with van der Waals surface area (Å²) in [5, 5.41) is 20.8. The lowest BCUT2D eigenvalue weighted by molar-refractivity contribution is -0.0982. The second-order valence-electron chi connectivity index (χ2n) is 5.41. The Balaban J connectivity index is 2.78. The van der Waals surface area contributed by atoms with E-state index in [1.807, 2.05) is 24.3 Å². The Morgan fingerprint density at radius 3 is 2.06 bits per heavy atom. The van der Waals surface area contributed by atoms with Gasteiger partial charge in [0.15, 0.2) is 0 Å². The van der Waals surface area contributed by atoms with Gasteiger partial charge in [0.25, 0.3) is 0 Å². The normalized spacial score (nSPS) is 12.6. The lowest BCUT2D eigenvalue weighted by atomic mass is 9.76. The Labute approximate surface area is 117 Å². The van der Waals surface area contributed by atoms with E-state index in [4.69, 9.17) is 4.65 Å². The smallest absolute Gasteiger partial charge is 0.423 e. The third-order valence-corrected chi connectivity index (χ3v) is 3.95. The van der Waals surface area contributed by atoms with Crippen molar-refractivity contribution in [2.75, 3.05) is 0 Å². The summed E-state index contributed by atoms with van der Waals surface area (Å²) in [5.74, 6) is 0. The minimum Gasteiger partial charge on any atom is -0.423 e. The van der Waals surface area contributed by atoms with Crippen molar-refractivity contribution in [2.45, 2.75) is 44.2 Å². The molecule has 0 atom stereocenters. The molecule has 2 N–H and O–H groups in total. The molecule has 5 heteroatoms. The largest absolute Gasteiger partial charge is 0.491 e. The summed E-state index contributed by atoms with van der Waals surface area (Å²) in [4.78, 5) is 0. The quantitative estimate of drug-likeness (QED) is 0.644. The van der Waals surface area contributed by atoms with Crippen molar-refractivity contribution < 1.29 is 14.8 Å². The molecular formula is C13H20BBrO3. The van der Waals surface area contributed by atoms with E-state index in [2.05, 4.69) is 15.9 Å². The lowest BCUT2D eigenvalue weighted by Crippen LogP contribution is -2.53. The van der Waals surface area contributed by atoms with Crippen LogP contribution in [0.4, 0.5) is 0 Å². The monoisotopic (exact) mass is 314 g/mol. The maximum atomic E-state index is 10.0. The van der Waals surface area contributed by atoms with Crippen molar-refractivity contribution >= 4 is 28.5 Å². The SMILES string of the molecule is CC(C)(O)C(C)(C)OB(O)c1ccc(CBr)cc1. The van der Waals surface area contributed by atoms with Crippen molar-refractivity contribution in [3.05, 3.63) is 29.8 Å². The summed E-state index contributed by atoms with van der Waals surface area (Å²) in [6.45, 7) is 6.83.